The molecule has 3 aromatic carbocycles. The van der Waals surface area contributed by atoms with Crippen LogP contribution in [0.25, 0.3) is 10.8 Å². The van der Waals surface area contributed by atoms with Crippen molar-refractivity contribution in [2.75, 3.05) is 11.9 Å². The zero-order valence-electron chi connectivity index (χ0n) is 13.7. The Morgan fingerprint density at radius 1 is 1.04 bits per heavy atom. The number of carbonyl (C=O) groups is 1. The number of hydrogen-bond donors (Lipinski definition) is 2. The first-order valence-electron chi connectivity index (χ1n) is 8.00. The minimum atomic E-state index is -0.796. The molecular weight excluding hydrogens is 322 g/mol. The molecule has 0 aliphatic heterocycles. The number of carbonyl (C=O) groups excluding carboxylic acids is 1. The molecule has 0 spiro atoms. The van der Waals surface area contributed by atoms with E-state index in [0.29, 0.717) is 0 Å². The second-order valence-electron chi connectivity index (χ2n) is 5.84. The van der Waals surface area contributed by atoms with Crippen LogP contribution in [0.4, 0.5) is 14.5 Å². The topological polar surface area (TPSA) is 41.1 Å². The van der Waals surface area contributed by atoms with Crippen molar-refractivity contribution in [1.29, 1.82) is 0 Å². The number of anilines is 1. The van der Waals surface area contributed by atoms with E-state index in [9.17, 15) is 13.6 Å². The van der Waals surface area contributed by atoms with Gasteiger partial charge in [-0.15, -0.1) is 0 Å². The van der Waals surface area contributed by atoms with Crippen LogP contribution < -0.4 is 10.6 Å². The Morgan fingerprint density at radius 2 is 1.80 bits per heavy atom. The number of fused-ring (bicyclic) bond motifs is 1. The van der Waals surface area contributed by atoms with Crippen LogP contribution >= 0.6 is 0 Å². The fourth-order valence-electron chi connectivity index (χ4n) is 2.77. The predicted molar refractivity (Wildman–Crippen MR) is 95.4 cm³/mol. The van der Waals surface area contributed by atoms with Crippen LogP contribution in [0.2, 0.25) is 0 Å². The molecule has 3 aromatic rings. The van der Waals surface area contributed by atoms with E-state index >= 15 is 0 Å². The average Bonchev–Trinajstić information content (AvgIpc) is 2.61. The zero-order chi connectivity index (χ0) is 17.8. The predicted octanol–water partition coefficient (Wildman–Crippen LogP) is 4.41. The number of rotatable bonds is 5. The molecule has 3 nitrogen and oxygen atoms in total. The molecule has 0 aliphatic carbocycles. The van der Waals surface area contributed by atoms with E-state index in [0.717, 1.165) is 28.5 Å². The lowest BCUT2D eigenvalue weighted by Crippen LogP contribution is -2.30. The third-order valence-electron chi connectivity index (χ3n) is 4.06. The lowest BCUT2D eigenvalue weighted by Gasteiger charge is -2.16. The number of nitrogens with one attached hydrogen (secondary N) is 2. The van der Waals surface area contributed by atoms with Crippen LogP contribution in [0.3, 0.4) is 0 Å². The van der Waals surface area contributed by atoms with Gasteiger partial charge in [-0.1, -0.05) is 42.5 Å². The molecule has 0 radical (unpaired) electrons. The highest BCUT2D eigenvalue weighted by Gasteiger charge is 2.12. The smallest absolute Gasteiger partial charge is 0.238 e. The van der Waals surface area contributed by atoms with Crippen molar-refractivity contribution >= 4 is 22.4 Å². The maximum Gasteiger partial charge on any atom is 0.238 e. The van der Waals surface area contributed by atoms with Crippen LogP contribution in [0.5, 0.6) is 0 Å². The summed E-state index contributed by atoms with van der Waals surface area (Å²) in [4.78, 5) is 12.0. The maximum absolute atomic E-state index is 13.6. The van der Waals surface area contributed by atoms with Gasteiger partial charge in [0.15, 0.2) is 0 Å². The maximum atomic E-state index is 13.6. The summed E-state index contributed by atoms with van der Waals surface area (Å²) in [6.07, 6.45) is 0. The zero-order valence-corrected chi connectivity index (χ0v) is 13.7. The SMILES string of the molecule is C[C@@H](NCC(=O)Nc1ccc(F)cc1F)c1cccc2ccccc12. The highest BCUT2D eigenvalue weighted by molar-refractivity contribution is 5.92. The van der Waals surface area contributed by atoms with Crippen LogP contribution in [-0.2, 0) is 4.79 Å². The minimum absolute atomic E-state index is 0.0151. The van der Waals surface area contributed by atoms with Gasteiger partial charge in [0.05, 0.1) is 12.2 Å². The Balaban J connectivity index is 1.65. The van der Waals surface area contributed by atoms with Crippen molar-refractivity contribution in [2.24, 2.45) is 0 Å². The van der Waals surface area contributed by atoms with Gasteiger partial charge in [0.1, 0.15) is 11.6 Å². The molecule has 0 heterocycles. The molecule has 25 heavy (non-hydrogen) atoms. The molecule has 0 aliphatic rings. The lowest BCUT2D eigenvalue weighted by atomic mass is 10.00. The molecule has 5 heteroatoms. The van der Waals surface area contributed by atoms with Crippen molar-refractivity contribution in [1.82, 2.24) is 5.32 Å². The fraction of sp³-hybridized carbons (Fsp3) is 0.150. The normalized spacial score (nSPS) is 12.1. The summed E-state index contributed by atoms with van der Waals surface area (Å²) >= 11 is 0. The molecule has 1 atom stereocenters. The number of benzene rings is 3. The van der Waals surface area contributed by atoms with Gasteiger partial charge in [0.2, 0.25) is 5.91 Å². The van der Waals surface area contributed by atoms with Crippen molar-refractivity contribution in [3.05, 3.63) is 77.9 Å². The first kappa shape index (κ1) is 17.0. The third kappa shape index (κ3) is 4.00. The van der Waals surface area contributed by atoms with Gasteiger partial charge in [-0.2, -0.15) is 0 Å². The van der Waals surface area contributed by atoms with Gasteiger partial charge in [-0.05, 0) is 35.4 Å². The van der Waals surface area contributed by atoms with E-state index in [1.165, 1.54) is 6.07 Å². The highest BCUT2D eigenvalue weighted by atomic mass is 19.1. The summed E-state index contributed by atoms with van der Waals surface area (Å²) in [5.41, 5.74) is 1.05. The van der Waals surface area contributed by atoms with Crippen molar-refractivity contribution in [3.63, 3.8) is 0 Å². The monoisotopic (exact) mass is 340 g/mol. The molecule has 0 fully saturated rings. The largest absolute Gasteiger partial charge is 0.322 e. The number of amides is 1. The molecular formula is C20H18F2N2O. The van der Waals surface area contributed by atoms with Crippen LogP contribution in [0.1, 0.15) is 18.5 Å². The van der Waals surface area contributed by atoms with Crippen molar-refractivity contribution in [3.8, 4) is 0 Å². The first-order chi connectivity index (χ1) is 12.0. The fourth-order valence-corrected chi connectivity index (χ4v) is 2.77. The second-order valence-corrected chi connectivity index (χ2v) is 5.84. The van der Waals surface area contributed by atoms with Gasteiger partial charge in [0.25, 0.3) is 0 Å². The molecule has 0 aromatic heterocycles. The summed E-state index contributed by atoms with van der Waals surface area (Å²) in [5.74, 6) is -1.87. The van der Waals surface area contributed by atoms with Crippen LogP contribution in [-0.4, -0.2) is 12.5 Å². The van der Waals surface area contributed by atoms with Gasteiger partial charge >= 0.3 is 0 Å². The summed E-state index contributed by atoms with van der Waals surface area (Å²) in [5, 5.41) is 7.82. The van der Waals surface area contributed by atoms with E-state index in [-0.39, 0.29) is 18.3 Å². The third-order valence-corrected chi connectivity index (χ3v) is 4.06. The average molecular weight is 340 g/mol. The number of halogens is 2. The quantitative estimate of drug-likeness (QED) is 0.722. The Morgan fingerprint density at radius 3 is 2.60 bits per heavy atom. The number of hydrogen-bond acceptors (Lipinski definition) is 2. The molecule has 0 unspecified atom stereocenters. The summed E-state index contributed by atoms with van der Waals surface area (Å²) in [7, 11) is 0. The Labute approximate surface area is 144 Å². The second kappa shape index (κ2) is 7.40. The van der Waals surface area contributed by atoms with Crippen molar-refractivity contribution < 1.29 is 13.6 Å². The van der Waals surface area contributed by atoms with Gasteiger partial charge in [-0.25, -0.2) is 8.78 Å². The van der Waals surface area contributed by atoms with E-state index in [1.807, 2.05) is 49.4 Å². The molecule has 0 bridgehead atoms. The lowest BCUT2D eigenvalue weighted by molar-refractivity contribution is -0.115. The van der Waals surface area contributed by atoms with E-state index < -0.39 is 17.5 Å². The van der Waals surface area contributed by atoms with E-state index in [2.05, 4.69) is 10.6 Å². The Bertz CT molecular complexity index is 906. The van der Waals surface area contributed by atoms with Gasteiger partial charge in [0, 0.05) is 12.1 Å². The van der Waals surface area contributed by atoms with Gasteiger partial charge < -0.3 is 10.6 Å². The van der Waals surface area contributed by atoms with Crippen molar-refractivity contribution in [2.45, 2.75) is 13.0 Å². The standard InChI is InChI=1S/C20H18F2N2O/c1-13(16-8-4-6-14-5-2-3-7-17(14)16)23-12-20(25)24-19-10-9-15(21)11-18(19)22/h2-11,13,23H,12H2,1H3,(H,24,25)/t13-/m1/s1. The summed E-state index contributed by atoms with van der Waals surface area (Å²) in [6, 6.07) is 17.0. The first-order valence-corrected chi connectivity index (χ1v) is 8.00. The molecule has 2 N–H and O–H groups in total. The molecule has 0 saturated carbocycles. The molecule has 128 valence electrons. The summed E-state index contributed by atoms with van der Waals surface area (Å²) < 4.78 is 26.5. The Hall–Kier alpha value is -2.79. The van der Waals surface area contributed by atoms with E-state index in [1.54, 1.807) is 0 Å². The van der Waals surface area contributed by atoms with E-state index in [4.69, 9.17) is 0 Å². The minimum Gasteiger partial charge on any atom is -0.322 e. The Kier molecular flexibility index (Phi) is 5.05. The molecule has 0 saturated heterocycles. The highest BCUT2D eigenvalue weighted by Crippen LogP contribution is 2.24. The molecule has 1 amide bonds. The van der Waals surface area contributed by atoms with Crippen LogP contribution in [0, 0.1) is 11.6 Å². The molecule has 3 rings (SSSR count). The summed E-state index contributed by atoms with van der Waals surface area (Å²) in [6.45, 7) is 1.98. The van der Waals surface area contributed by atoms with Gasteiger partial charge in [-0.3, -0.25) is 4.79 Å². The van der Waals surface area contributed by atoms with Crippen LogP contribution in [0.15, 0.2) is 60.7 Å².